The van der Waals surface area contributed by atoms with Gasteiger partial charge >= 0.3 is 0 Å². The number of hydrogen-bond acceptors (Lipinski definition) is 3. The Morgan fingerprint density at radius 1 is 1.12 bits per heavy atom. The van der Waals surface area contributed by atoms with Crippen molar-refractivity contribution in [3.05, 3.63) is 72.8 Å². The molecular formula is C20H17N5O. The standard InChI is InChI=1S/C20H17N5O/c26-20(14-4-2-1-3-5-14)24-12-16(13-24)25-11-15(10-23-25)17-6-8-21-19-18(17)7-9-22-19/h1-11,16H,12-13H2,(H,21,22). The molecule has 4 aromatic rings. The third-order valence-electron chi connectivity index (χ3n) is 4.92. The summed E-state index contributed by atoms with van der Waals surface area (Å²) in [5, 5.41) is 5.61. The van der Waals surface area contributed by atoms with Crippen LogP contribution in [0.3, 0.4) is 0 Å². The molecule has 1 N–H and O–H groups in total. The lowest BCUT2D eigenvalue weighted by Gasteiger charge is -2.39. The third-order valence-corrected chi connectivity index (χ3v) is 4.92. The number of aromatic amines is 1. The molecule has 6 nitrogen and oxygen atoms in total. The minimum Gasteiger partial charge on any atom is -0.346 e. The first-order chi connectivity index (χ1) is 12.8. The van der Waals surface area contributed by atoms with Crippen LogP contribution in [-0.2, 0) is 0 Å². The largest absolute Gasteiger partial charge is 0.346 e. The average Bonchev–Trinajstić information content (AvgIpc) is 3.30. The number of benzene rings is 1. The van der Waals surface area contributed by atoms with E-state index in [2.05, 4.69) is 21.3 Å². The number of rotatable bonds is 3. The van der Waals surface area contributed by atoms with Gasteiger partial charge in [0.1, 0.15) is 5.65 Å². The van der Waals surface area contributed by atoms with Gasteiger partial charge in [-0.2, -0.15) is 5.10 Å². The molecule has 5 rings (SSSR count). The predicted molar refractivity (Wildman–Crippen MR) is 98.7 cm³/mol. The molecule has 3 aromatic heterocycles. The number of likely N-dealkylation sites (tertiary alicyclic amines) is 1. The summed E-state index contributed by atoms with van der Waals surface area (Å²) in [6.07, 6.45) is 7.62. The van der Waals surface area contributed by atoms with E-state index in [1.807, 2.05) is 64.4 Å². The van der Waals surface area contributed by atoms with Gasteiger partial charge in [0.05, 0.1) is 12.2 Å². The molecule has 1 aliphatic rings. The number of aromatic nitrogens is 4. The van der Waals surface area contributed by atoms with Crippen LogP contribution in [0.25, 0.3) is 22.2 Å². The van der Waals surface area contributed by atoms with Crippen LogP contribution in [0.2, 0.25) is 0 Å². The molecule has 0 spiro atoms. The number of H-pyrrole nitrogens is 1. The summed E-state index contributed by atoms with van der Waals surface area (Å²) >= 11 is 0. The zero-order chi connectivity index (χ0) is 17.5. The Morgan fingerprint density at radius 2 is 1.96 bits per heavy atom. The SMILES string of the molecule is O=C(c1ccccc1)N1CC(n2cc(-c3ccnc4[nH]ccc34)cn2)C1. The van der Waals surface area contributed by atoms with Gasteiger partial charge in [-0.15, -0.1) is 0 Å². The lowest BCUT2D eigenvalue weighted by molar-refractivity contribution is 0.0501. The number of amides is 1. The van der Waals surface area contributed by atoms with Gasteiger partial charge in [-0.1, -0.05) is 18.2 Å². The Bertz CT molecular complexity index is 1080. The molecule has 128 valence electrons. The van der Waals surface area contributed by atoms with Crippen LogP contribution in [0.4, 0.5) is 0 Å². The smallest absolute Gasteiger partial charge is 0.253 e. The first kappa shape index (κ1) is 14.9. The normalized spacial score (nSPS) is 14.5. The van der Waals surface area contributed by atoms with Crippen molar-refractivity contribution in [2.45, 2.75) is 6.04 Å². The van der Waals surface area contributed by atoms with E-state index in [4.69, 9.17) is 0 Å². The highest BCUT2D eigenvalue weighted by Crippen LogP contribution is 2.29. The van der Waals surface area contributed by atoms with Crippen molar-refractivity contribution in [1.82, 2.24) is 24.6 Å². The van der Waals surface area contributed by atoms with Crippen LogP contribution < -0.4 is 0 Å². The van der Waals surface area contributed by atoms with Crippen molar-refractivity contribution in [3.8, 4) is 11.1 Å². The number of carbonyl (C=O) groups is 1. The third kappa shape index (κ3) is 2.38. The zero-order valence-electron chi connectivity index (χ0n) is 14.0. The molecule has 4 heterocycles. The molecular weight excluding hydrogens is 326 g/mol. The molecule has 1 fully saturated rings. The van der Waals surface area contributed by atoms with E-state index in [0.29, 0.717) is 13.1 Å². The molecule has 0 unspecified atom stereocenters. The molecule has 1 aromatic carbocycles. The number of pyridine rings is 1. The molecule has 0 aliphatic carbocycles. The molecule has 0 atom stereocenters. The summed E-state index contributed by atoms with van der Waals surface area (Å²) in [6.45, 7) is 1.37. The average molecular weight is 343 g/mol. The second kappa shape index (κ2) is 5.84. The molecule has 0 saturated carbocycles. The summed E-state index contributed by atoms with van der Waals surface area (Å²) in [5.74, 6) is 0.0809. The van der Waals surface area contributed by atoms with Crippen molar-refractivity contribution in [1.29, 1.82) is 0 Å². The second-order valence-electron chi connectivity index (χ2n) is 6.54. The van der Waals surface area contributed by atoms with E-state index in [0.717, 1.165) is 27.7 Å². The Morgan fingerprint density at radius 3 is 2.81 bits per heavy atom. The lowest BCUT2D eigenvalue weighted by Crippen LogP contribution is -2.50. The number of fused-ring (bicyclic) bond motifs is 1. The molecule has 0 bridgehead atoms. The number of carbonyl (C=O) groups excluding carboxylic acids is 1. The topological polar surface area (TPSA) is 66.8 Å². The van der Waals surface area contributed by atoms with Crippen molar-refractivity contribution in [2.75, 3.05) is 13.1 Å². The van der Waals surface area contributed by atoms with Gasteiger partial charge < -0.3 is 9.88 Å². The van der Waals surface area contributed by atoms with Crippen LogP contribution in [0.1, 0.15) is 16.4 Å². The fourth-order valence-electron chi connectivity index (χ4n) is 3.44. The fraction of sp³-hybridized carbons (Fsp3) is 0.150. The van der Waals surface area contributed by atoms with E-state index in [1.165, 1.54) is 0 Å². The highest BCUT2D eigenvalue weighted by molar-refractivity contribution is 5.95. The molecule has 1 aliphatic heterocycles. The Kier molecular flexibility index (Phi) is 3.35. The monoisotopic (exact) mass is 343 g/mol. The maximum absolute atomic E-state index is 12.4. The van der Waals surface area contributed by atoms with E-state index < -0.39 is 0 Å². The van der Waals surface area contributed by atoms with Gasteiger partial charge in [0, 0.05) is 48.2 Å². The van der Waals surface area contributed by atoms with Crippen LogP contribution in [0, 0.1) is 0 Å². The van der Waals surface area contributed by atoms with Gasteiger partial charge in [0.25, 0.3) is 5.91 Å². The van der Waals surface area contributed by atoms with Gasteiger partial charge in [0.15, 0.2) is 0 Å². The van der Waals surface area contributed by atoms with Crippen molar-refractivity contribution < 1.29 is 4.79 Å². The maximum atomic E-state index is 12.4. The Balaban J connectivity index is 1.33. The quantitative estimate of drug-likeness (QED) is 0.621. The van der Waals surface area contributed by atoms with E-state index >= 15 is 0 Å². The summed E-state index contributed by atoms with van der Waals surface area (Å²) < 4.78 is 1.96. The summed E-state index contributed by atoms with van der Waals surface area (Å²) in [5.41, 5.74) is 3.78. The summed E-state index contributed by atoms with van der Waals surface area (Å²) in [7, 11) is 0. The lowest BCUT2D eigenvalue weighted by atomic mass is 10.1. The molecule has 26 heavy (non-hydrogen) atoms. The Hall–Kier alpha value is -3.41. The molecule has 1 saturated heterocycles. The first-order valence-electron chi connectivity index (χ1n) is 8.60. The van der Waals surface area contributed by atoms with Crippen LogP contribution in [-0.4, -0.2) is 43.6 Å². The number of nitrogens with zero attached hydrogens (tertiary/aromatic N) is 4. The highest BCUT2D eigenvalue weighted by atomic mass is 16.2. The van der Waals surface area contributed by atoms with Crippen molar-refractivity contribution in [3.63, 3.8) is 0 Å². The summed E-state index contributed by atoms with van der Waals surface area (Å²) in [4.78, 5) is 21.8. The van der Waals surface area contributed by atoms with Crippen molar-refractivity contribution >= 4 is 16.9 Å². The second-order valence-corrected chi connectivity index (χ2v) is 6.54. The van der Waals surface area contributed by atoms with Crippen LogP contribution in [0.15, 0.2) is 67.3 Å². The molecule has 1 amide bonds. The predicted octanol–water partition coefficient (Wildman–Crippen LogP) is 3.12. The Labute approximate surface area is 150 Å². The van der Waals surface area contributed by atoms with E-state index in [9.17, 15) is 4.79 Å². The minimum atomic E-state index is 0.0809. The highest BCUT2D eigenvalue weighted by Gasteiger charge is 2.33. The van der Waals surface area contributed by atoms with Gasteiger partial charge in [-0.05, 0) is 29.8 Å². The number of nitrogens with one attached hydrogen (secondary N) is 1. The van der Waals surface area contributed by atoms with E-state index in [-0.39, 0.29) is 11.9 Å². The van der Waals surface area contributed by atoms with Gasteiger partial charge in [-0.25, -0.2) is 4.98 Å². The number of hydrogen-bond donors (Lipinski definition) is 1. The van der Waals surface area contributed by atoms with E-state index in [1.54, 1.807) is 6.20 Å². The van der Waals surface area contributed by atoms with Crippen LogP contribution >= 0.6 is 0 Å². The van der Waals surface area contributed by atoms with Gasteiger partial charge in [-0.3, -0.25) is 9.48 Å². The van der Waals surface area contributed by atoms with Gasteiger partial charge in [0.2, 0.25) is 0 Å². The van der Waals surface area contributed by atoms with Crippen LogP contribution in [0.5, 0.6) is 0 Å². The van der Waals surface area contributed by atoms with Crippen molar-refractivity contribution in [2.24, 2.45) is 0 Å². The zero-order valence-corrected chi connectivity index (χ0v) is 14.0. The fourth-order valence-corrected chi connectivity index (χ4v) is 3.44. The molecule has 6 heteroatoms. The summed E-state index contributed by atoms with van der Waals surface area (Å²) in [6, 6.07) is 13.7. The first-order valence-corrected chi connectivity index (χ1v) is 8.60. The minimum absolute atomic E-state index is 0.0809. The molecule has 0 radical (unpaired) electrons. The maximum Gasteiger partial charge on any atom is 0.253 e.